The average molecular weight is 198 g/mol. The lowest BCUT2D eigenvalue weighted by Crippen LogP contribution is -2.27. The van der Waals surface area contributed by atoms with Crippen LogP contribution >= 0.6 is 0 Å². The summed E-state index contributed by atoms with van der Waals surface area (Å²) < 4.78 is 18.1. The molecule has 0 saturated heterocycles. The molecule has 1 aliphatic carbocycles. The Morgan fingerprint density at radius 2 is 2.21 bits per heavy atom. The third-order valence-corrected chi connectivity index (χ3v) is 1.87. The van der Waals surface area contributed by atoms with Crippen LogP contribution in [-0.4, -0.2) is 36.4 Å². The number of halogens is 1. The molecule has 1 rings (SSSR count). The second kappa shape index (κ2) is 4.24. The lowest BCUT2D eigenvalue weighted by Gasteiger charge is -2.18. The number of hydrogen-bond donors (Lipinski definition) is 2. The standard InChI is InChI=1S/C8H8BFO4/c1-14-7-3-2-6(9(12)13)8(10)5(7)4-11/h2-3,8,12-13H,1H3. The molecule has 0 bridgehead atoms. The molecule has 1 aliphatic rings. The van der Waals surface area contributed by atoms with Crippen LogP contribution in [0.25, 0.3) is 0 Å². The highest BCUT2D eigenvalue weighted by Gasteiger charge is 2.32. The van der Waals surface area contributed by atoms with Gasteiger partial charge in [-0.15, -0.1) is 0 Å². The first-order valence-electron chi connectivity index (χ1n) is 3.83. The zero-order valence-electron chi connectivity index (χ0n) is 7.40. The fourth-order valence-electron chi connectivity index (χ4n) is 1.13. The van der Waals surface area contributed by atoms with Gasteiger partial charge < -0.3 is 14.8 Å². The zero-order valence-corrected chi connectivity index (χ0v) is 7.40. The van der Waals surface area contributed by atoms with Gasteiger partial charge in [-0.25, -0.2) is 9.18 Å². The predicted molar refractivity (Wildman–Crippen MR) is 47.5 cm³/mol. The third-order valence-electron chi connectivity index (χ3n) is 1.87. The Morgan fingerprint density at radius 3 is 2.64 bits per heavy atom. The topological polar surface area (TPSA) is 66.8 Å². The van der Waals surface area contributed by atoms with Crippen molar-refractivity contribution in [2.75, 3.05) is 7.11 Å². The minimum absolute atomic E-state index is 0.0388. The summed E-state index contributed by atoms with van der Waals surface area (Å²) in [6.07, 6.45) is 0.563. The minimum atomic E-state index is -1.93. The van der Waals surface area contributed by atoms with Gasteiger partial charge in [-0.2, -0.15) is 0 Å². The fraction of sp³-hybridized carbons (Fsp3) is 0.250. The molecule has 6 heteroatoms. The smallest absolute Gasteiger partial charge is 0.487 e. The van der Waals surface area contributed by atoms with E-state index >= 15 is 0 Å². The van der Waals surface area contributed by atoms with Crippen LogP contribution in [0.15, 0.2) is 29.0 Å². The second-order valence-corrected chi connectivity index (χ2v) is 2.65. The molecule has 0 fully saturated rings. The molecule has 0 spiro atoms. The van der Waals surface area contributed by atoms with Gasteiger partial charge in [0.25, 0.3) is 0 Å². The van der Waals surface area contributed by atoms with Crippen molar-refractivity contribution in [3.8, 4) is 0 Å². The van der Waals surface area contributed by atoms with Gasteiger partial charge >= 0.3 is 7.12 Å². The van der Waals surface area contributed by atoms with Crippen LogP contribution in [0.3, 0.4) is 0 Å². The van der Waals surface area contributed by atoms with Crippen LogP contribution in [0.2, 0.25) is 0 Å². The first-order valence-corrected chi connectivity index (χ1v) is 3.83. The molecule has 0 radical (unpaired) electrons. The Labute approximate surface area is 80.1 Å². The van der Waals surface area contributed by atoms with Crippen molar-refractivity contribution < 1.29 is 24.0 Å². The van der Waals surface area contributed by atoms with Crippen molar-refractivity contribution in [2.45, 2.75) is 6.17 Å². The molecule has 74 valence electrons. The predicted octanol–water partition coefficient (Wildman–Crippen LogP) is -0.435. The maximum absolute atomic E-state index is 13.4. The van der Waals surface area contributed by atoms with Gasteiger partial charge in [0, 0.05) is 0 Å². The van der Waals surface area contributed by atoms with Gasteiger partial charge in [0.05, 0.1) is 7.11 Å². The van der Waals surface area contributed by atoms with Crippen molar-refractivity contribution in [3.05, 3.63) is 29.0 Å². The molecule has 1 atom stereocenters. The zero-order chi connectivity index (χ0) is 10.7. The molecule has 2 N–H and O–H groups in total. The second-order valence-electron chi connectivity index (χ2n) is 2.65. The number of allylic oxidation sites excluding steroid dienone is 4. The molecule has 0 aromatic rings. The molecule has 4 nitrogen and oxygen atoms in total. The summed E-state index contributed by atoms with van der Waals surface area (Å²) >= 11 is 0. The summed E-state index contributed by atoms with van der Waals surface area (Å²) in [5.74, 6) is 1.41. The van der Waals surface area contributed by atoms with E-state index in [0.717, 1.165) is 6.08 Å². The quantitative estimate of drug-likeness (QED) is 0.466. The van der Waals surface area contributed by atoms with E-state index in [1.165, 1.54) is 19.1 Å². The van der Waals surface area contributed by atoms with Crippen molar-refractivity contribution >= 4 is 13.1 Å². The highest BCUT2D eigenvalue weighted by molar-refractivity contribution is 6.51. The summed E-state index contributed by atoms with van der Waals surface area (Å²) in [6.45, 7) is 0. The number of alkyl halides is 1. The van der Waals surface area contributed by atoms with Gasteiger partial charge in [0.1, 0.15) is 17.3 Å². The molecule has 14 heavy (non-hydrogen) atoms. The van der Waals surface area contributed by atoms with E-state index in [9.17, 15) is 9.18 Å². The number of methoxy groups -OCH3 is 1. The van der Waals surface area contributed by atoms with E-state index in [2.05, 4.69) is 0 Å². The van der Waals surface area contributed by atoms with Crippen LogP contribution in [0, 0.1) is 0 Å². The van der Waals surface area contributed by atoms with Gasteiger partial charge in [0.2, 0.25) is 0 Å². The Morgan fingerprint density at radius 1 is 1.57 bits per heavy atom. The Hall–Kier alpha value is -1.36. The first kappa shape index (κ1) is 10.7. The lowest BCUT2D eigenvalue weighted by atomic mass is 9.72. The molecule has 1 unspecified atom stereocenters. The average Bonchev–Trinajstić information content (AvgIpc) is 2.16. The van der Waals surface area contributed by atoms with E-state index in [1.54, 1.807) is 0 Å². The van der Waals surface area contributed by atoms with Crippen LogP contribution in [0.5, 0.6) is 0 Å². The van der Waals surface area contributed by atoms with E-state index in [-0.39, 0.29) is 16.8 Å². The maximum Gasteiger partial charge on any atom is 0.487 e. The molecule has 0 aromatic heterocycles. The van der Waals surface area contributed by atoms with Crippen molar-refractivity contribution in [1.29, 1.82) is 0 Å². The normalized spacial score (nSPS) is 20.9. The SMILES string of the molecule is COC1=CC=C(B(O)O)C(F)C1=C=O. The third kappa shape index (κ3) is 1.77. The molecule has 0 aromatic carbocycles. The number of ether oxygens (including phenoxy) is 1. The van der Waals surface area contributed by atoms with Crippen molar-refractivity contribution in [2.24, 2.45) is 0 Å². The lowest BCUT2D eigenvalue weighted by molar-refractivity contribution is 0.282. The minimum Gasteiger partial charge on any atom is -0.496 e. The van der Waals surface area contributed by atoms with Crippen LogP contribution in [0.1, 0.15) is 0 Å². The highest BCUT2D eigenvalue weighted by Crippen LogP contribution is 2.26. The molecule has 0 aliphatic heterocycles. The summed E-state index contributed by atoms with van der Waals surface area (Å²) in [6, 6.07) is 0. The van der Waals surface area contributed by atoms with Gasteiger partial charge in [-0.3, -0.25) is 0 Å². The van der Waals surface area contributed by atoms with E-state index in [1.807, 2.05) is 0 Å². The molecular weight excluding hydrogens is 190 g/mol. The maximum atomic E-state index is 13.4. The van der Waals surface area contributed by atoms with E-state index in [0.29, 0.717) is 0 Å². The van der Waals surface area contributed by atoms with Gasteiger partial charge in [0.15, 0.2) is 6.17 Å². The van der Waals surface area contributed by atoms with Crippen LogP contribution < -0.4 is 0 Å². The summed E-state index contributed by atoms with van der Waals surface area (Å²) in [5.41, 5.74) is -0.665. The van der Waals surface area contributed by atoms with Crippen LogP contribution in [-0.2, 0) is 9.53 Å². The van der Waals surface area contributed by atoms with E-state index in [4.69, 9.17) is 14.8 Å². The molecule has 0 saturated carbocycles. The highest BCUT2D eigenvalue weighted by atomic mass is 19.1. The van der Waals surface area contributed by atoms with Gasteiger partial charge in [-0.05, 0) is 11.5 Å². The Kier molecular flexibility index (Phi) is 3.25. The first-order chi connectivity index (χ1) is 6.61. The Balaban J connectivity index is 3.12. The van der Waals surface area contributed by atoms with Gasteiger partial charge in [-0.1, -0.05) is 6.08 Å². The van der Waals surface area contributed by atoms with Crippen LogP contribution in [0.4, 0.5) is 4.39 Å². The number of hydrogen-bond acceptors (Lipinski definition) is 4. The fourth-order valence-corrected chi connectivity index (χ4v) is 1.13. The van der Waals surface area contributed by atoms with Crippen molar-refractivity contribution in [1.82, 2.24) is 0 Å². The molecular formula is C8H8BFO4. The summed E-state index contributed by atoms with van der Waals surface area (Å²) in [7, 11) is -0.646. The number of carbonyl (C=O) groups excluding carboxylic acids is 1. The van der Waals surface area contributed by atoms with Crippen molar-refractivity contribution in [3.63, 3.8) is 0 Å². The van der Waals surface area contributed by atoms with E-state index < -0.39 is 13.3 Å². The summed E-state index contributed by atoms with van der Waals surface area (Å²) in [4.78, 5) is 10.4. The Bertz CT molecular complexity index is 341. The summed E-state index contributed by atoms with van der Waals surface area (Å²) in [5, 5.41) is 17.5. The molecule has 0 heterocycles. The number of rotatable bonds is 2. The monoisotopic (exact) mass is 198 g/mol. The largest absolute Gasteiger partial charge is 0.496 e. The molecule has 0 amide bonds.